The van der Waals surface area contributed by atoms with E-state index in [1.165, 1.54) is 11.3 Å². The van der Waals surface area contributed by atoms with Gasteiger partial charge >= 0.3 is 0 Å². The number of carbonyl (C=O) groups excluding carboxylic acids is 2. The van der Waals surface area contributed by atoms with Crippen LogP contribution in [0.5, 0.6) is 0 Å². The second-order valence-electron chi connectivity index (χ2n) is 4.19. The summed E-state index contributed by atoms with van der Waals surface area (Å²) in [4.78, 5) is 30.0. The molecule has 6 heteroatoms. The van der Waals surface area contributed by atoms with Gasteiger partial charge in [-0.25, -0.2) is 0 Å². The average Bonchev–Trinajstić information content (AvgIpc) is 2.72. The van der Waals surface area contributed by atoms with Crippen molar-refractivity contribution in [1.82, 2.24) is 15.2 Å². The zero-order valence-corrected chi connectivity index (χ0v) is 10.0. The molecule has 16 heavy (non-hydrogen) atoms. The van der Waals surface area contributed by atoms with Crippen LogP contribution in [0.4, 0.5) is 0 Å². The molecule has 2 rings (SSSR count). The molecule has 0 bridgehead atoms. The van der Waals surface area contributed by atoms with Crippen molar-refractivity contribution in [2.75, 3.05) is 6.54 Å². The third-order valence-electron chi connectivity index (χ3n) is 2.73. The van der Waals surface area contributed by atoms with Crippen molar-refractivity contribution >= 4 is 23.2 Å². The van der Waals surface area contributed by atoms with Gasteiger partial charge < -0.3 is 10.2 Å². The van der Waals surface area contributed by atoms with Gasteiger partial charge in [-0.15, -0.1) is 11.3 Å². The number of hydrogen-bond donors (Lipinski definition) is 1. The standard InChI is InChI=1S/C10H13N3O2S/c1-10(2)9(15)12-4-8(14)13(10)5-7-3-11-6-16-7/h3,6H,4-5H2,1-2H3,(H,12,15). The maximum Gasteiger partial charge on any atom is 0.245 e. The van der Waals surface area contributed by atoms with Crippen LogP contribution in [0.15, 0.2) is 11.7 Å². The Kier molecular flexibility index (Phi) is 2.67. The molecule has 1 N–H and O–H groups in total. The monoisotopic (exact) mass is 239 g/mol. The summed E-state index contributed by atoms with van der Waals surface area (Å²) in [6.07, 6.45) is 1.72. The molecule has 5 nitrogen and oxygen atoms in total. The Morgan fingerprint density at radius 3 is 2.94 bits per heavy atom. The minimum absolute atomic E-state index is 0.0574. The van der Waals surface area contributed by atoms with Crippen LogP contribution in [-0.2, 0) is 16.1 Å². The Bertz CT molecular complexity index is 414. The molecular formula is C10H13N3O2S. The number of nitrogens with one attached hydrogen (secondary N) is 1. The number of piperazine rings is 1. The first-order chi connectivity index (χ1) is 7.51. The highest BCUT2D eigenvalue weighted by Gasteiger charge is 2.41. The van der Waals surface area contributed by atoms with Crippen LogP contribution in [0.3, 0.4) is 0 Å². The third-order valence-corrected chi connectivity index (χ3v) is 3.49. The molecule has 2 heterocycles. The molecule has 1 aromatic rings. The highest BCUT2D eigenvalue weighted by molar-refractivity contribution is 7.09. The third kappa shape index (κ3) is 1.80. The average molecular weight is 239 g/mol. The number of thiazole rings is 1. The first-order valence-corrected chi connectivity index (χ1v) is 5.86. The minimum atomic E-state index is -0.792. The van der Waals surface area contributed by atoms with Crippen LogP contribution < -0.4 is 5.32 Å². The molecule has 0 atom stereocenters. The predicted octanol–water partition coefficient (Wildman–Crippen LogP) is 0.380. The zero-order valence-electron chi connectivity index (χ0n) is 9.19. The van der Waals surface area contributed by atoms with Gasteiger partial charge in [-0.1, -0.05) is 0 Å². The van der Waals surface area contributed by atoms with Gasteiger partial charge in [-0.3, -0.25) is 14.6 Å². The number of aromatic nitrogens is 1. The van der Waals surface area contributed by atoms with Gasteiger partial charge in [0.1, 0.15) is 5.54 Å². The summed E-state index contributed by atoms with van der Waals surface area (Å²) in [7, 11) is 0. The molecule has 0 aliphatic carbocycles. The predicted molar refractivity (Wildman–Crippen MR) is 59.8 cm³/mol. The molecule has 0 saturated carbocycles. The van der Waals surface area contributed by atoms with Crippen LogP contribution in [0.1, 0.15) is 18.7 Å². The van der Waals surface area contributed by atoms with Gasteiger partial charge in [0.05, 0.1) is 18.6 Å². The van der Waals surface area contributed by atoms with Gasteiger partial charge in [0.25, 0.3) is 0 Å². The van der Waals surface area contributed by atoms with Crippen LogP contribution in [0, 0.1) is 0 Å². The van der Waals surface area contributed by atoms with E-state index in [1.54, 1.807) is 30.5 Å². The SMILES string of the molecule is CC1(C)C(=O)NCC(=O)N1Cc1cncs1. The Balaban J connectivity index is 2.22. The van der Waals surface area contributed by atoms with Crippen molar-refractivity contribution in [2.45, 2.75) is 25.9 Å². The fourth-order valence-corrected chi connectivity index (χ4v) is 2.25. The van der Waals surface area contributed by atoms with Crippen LogP contribution >= 0.6 is 11.3 Å². The lowest BCUT2D eigenvalue weighted by Gasteiger charge is -2.40. The summed E-state index contributed by atoms with van der Waals surface area (Å²) < 4.78 is 0. The number of nitrogens with zero attached hydrogens (tertiary/aromatic N) is 2. The summed E-state index contributed by atoms with van der Waals surface area (Å²) >= 11 is 1.48. The highest BCUT2D eigenvalue weighted by atomic mass is 32.1. The summed E-state index contributed by atoms with van der Waals surface area (Å²) in [5.74, 6) is -0.172. The molecule has 1 aliphatic rings. The van der Waals surface area contributed by atoms with Crippen molar-refractivity contribution in [3.05, 3.63) is 16.6 Å². The molecular weight excluding hydrogens is 226 g/mol. The van der Waals surface area contributed by atoms with Crippen molar-refractivity contribution in [2.24, 2.45) is 0 Å². The maximum absolute atomic E-state index is 11.8. The summed E-state index contributed by atoms with van der Waals surface area (Å²) in [5, 5.41) is 2.59. The van der Waals surface area contributed by atoms with Gasteiger partial charge in [-0.2, -0.15) is 0 Å². The molecule has 1 saturated heterocycles. The lowest BCUT2D eigenvalue weighted by molar-refractivity contribution is -0.152. The Hall–Kier alpha value is -1.43. The Morgan fingerprint density at radius 1 is 1.56 bits per heavy atom. The normalized spacial score (nSPS) is 19.8. The van der Waals surface area contributed by atoms with Gasteiger partial charge in [0, 0.05) is 11.1 Å². The van der Waals surface area contributed by atoms with Gasteiger partial charge in [0.2, 0.25) is 11.8 Å². The molecule has 0 radical (unpaired) electrons. The van der Waals surface area contributed by atoms with Crippen molar-refractivity contribution in [3.8, 4) is 0 Å². The number of amides is 2. The van der Waals surface area contributed by atoms with E-state index in [4.69, 9.17) is 0 Å². The van der Waals surface area contributed by atoms with E-state index < -0.39 is 5.54 Å². The van der Waals surface area contributed by atoms with Gasteiger partial charge in [-0.05, 0) is 13.8 Å². The van der Waals surface area contributed by atoms with E-state index in [2.05, 4.69) is 10.3 Å². The minimum Gasteiger partial charge on any atom is -0.345 e. The lowest BCUT2D eigenvalue weighted by Crippen LogP contribution is -2.63. The van der Waals surface area contributed by atoms with E-state index in [9.17, 15) is 9.59 Å². The second-order valence-corrected chi connectivity index (χ2v) is 5.16. The molecule has 1 aliphatic heterocycles. The largest absolute Gasteiger partial charge is 0.345 e. The van der Waals surface area contributed by atoms with Gasteiger partial charge in [0.15, 0.2) is 0 Å². The zero-order chi connectivity index (χ0) is 11.8. The van der Waals surface area contributed by atoms with E-state index in [0.717, 1.165) is 4.88 Å². The molecule has 86 valence electrons. The van der Waals surface area contributed by atoms with E-state index in [1.807, 2.05) is 0 Å². The summed E-state index contributed by atoms with van der Waals surface area (Å²) in [6.45, 7) is 4.03. The molecule has 2 amide bonds. The molecule has 0 spiro atoms. The Labute approximate surface area is 97.5 Å². The first kappa shape index (κ1) is 11.1. The second kappa shape index (κ2) is 3.86. The Morgan fingerprint density at radius 2 is 2.31 bits per heavy atom. The number of hydrogen-bond acceptors (Lipinski definition) is 4. The topological polar surface area (TPSA) is 62.3 Å². The summed E-state index contributed by atoms with van der Waals surface area (Å²) in [6, 6.07) is 0. The number of rotatable bonds is 2. The fraction of sp³-hybridized carbons (Fsp3) is 0.500. The smallest absolute Gasteiger partial charge is 0.245 e. The molecule has 1 fully saturated rings. The van der Waals surface area contributed by atoms with E-state index in [-0.39, 0.29) is 18.4 Å². The van der Waals surface area contributed by atoms with Crippen molar-refractivity contribution in [1.29, 1.82) is 0 Å². The fourth-order valence-electron chi connectivity index (χ4n) is 1.66. The van der Waals surface area contributed by atoms with Crippen LogP contribution in [0.25, 0.3) is 0 Å². The van der Waals surface area contributed by atoms with Crippen LogP contribution in [-0.4, -0.2) is 33.8 Å². The quantitative estimate of drug-likeness (QED) is 0.811. The highest BCUT2D eigenvalue weighted by Crippen LogP contribution is 2.22. The first-order valence-electron chi connectivity index (χ1n) is 4.98. The molecule has 0 aromatic carbocycles. The number of carbonyl (C=O) groups is 2. The summed E-state index contributed by atoms with van der Waals surface area (Å²) in [5.41, 5.74) is 0.927. The maximum atomic E-state index is 11.8. The molecule has 0 unspecified atom stereocenters. The lowest BCUT2D eigenvalue weighted by atomic mass is 9.98. The van der Waals surface area contributed by atoms with E-state index in [0.29, 0.717) is 6.54 Å². The van der Waals surface area contributed by atoms with Crippen molar-refractivity contribution < 1.29 is 9.59 Å². The van der Waals surface area contributed by atoms with Crippen molar-refractivity contribution in [3.63, 3.8) is 0 Å². The van der Waals surface area contributed by atoms with Crippen LogP contribution in [0.2, 0.25) is 0 Å². The van der Waals surface area contributed by atoms with E-state index >= 15 is 0 Å². The molecule has 1 aromatic heterocycles.